The van der Waals surface area contributed by atoms with Crippen molar-refractivity contribution >= 4 is 11.9 Å². The van der Waals surface area contributed by atoms with Crippen LogP contribution in [0.3, 0.4) is 0 Å². The maximum Gasteiger partial charge on any atom is 0.389 e. The van der Waals surface area contributed by atoms with Crippen molar-refractivity contribution in [3.8, 4) is 0 Å². The molecule has 128 valence electrons. The maximum atomic E-state index is 12.1. The molecule has 0 aromatic heterocycles. The highest BCUT2D eigenvalue weighted by Crippen LogP contribution is 2.27. The van der Waals surface area contributed by atoms with Crippen molar-refractivity contribution in [1.29, 1.82) is 0 Å². The fourth-order valence-electron chi connectivity index (χ4n) is 1.81. The number of amides is 1. The van der Waals surface area contributed by atoms with Crippen molar-refractivity contribution in [2.45, 2.75) is 31.5 Å². The van der Waals surface area contributed by atoms with E-state index in [1.165, 1.54) is 31.4 Å². The fraction of sp³-hybridized carbons (Fsp3) is 0.467. The molecule has 5 nitrogen and oxygen atoms in total. The van der Waals surface area contributed by atoms with Gasteiger partial charge in [-0.1, -0.05) is 12.1 Å². The number of halogens is 3. The van der Waals surface area contributed by atoms with Crippen molar-refractivity contribution in [3.05, 3.63) is 35.4 Å². The van der Waals surface area contributed by atoms with E-state index in [0.717, 1.165) is 0 Å². The molecule has 2 N–H and O–H groups in total. The summed E-state index contributed by atoms with van der Waals surface area (Å²) < 4.78 is 40.7. The first-order valence-corrected chi connectivity index (χ1v) is 6.92. The number of rotatable bonds is 7. The number of aliphatic hydroxyl groups is 1. The van der Waals surface area contributed by atoms with Gasteiger partial charge in [0.05, 0.1) is 19.6 Å². The largest absolute Gasteiger partial charge is 0.469 e. The predicted octanol–water partition coefficient (Wildman–Crippen LogP) is 2.36. The number of hydrogen-bond acceptors (Lipinski definition) is 4. The molecule has 1 aromatic rings. The molecule has 0 aliphatic heterocycles. The molecular formula is C15H18F3NO4. The van der Waals surface area contributed by atoms with Crippen LogP contribution in [0.5, 0.6) is 0 Å². The van der Waals surface area contributed by atoms with Crippen LogP contribution in [0, 0.1) is 0 Å². The van der Waals surface area contributed by atoms with Crippen LogP contribution in [0.4, 0.5) is 13.2 Å². The normalized spacial score (nSPS) is 12.6. The smallest absolute Gasteiger partial charge is 0.389 e. The summed E-state index contributed by atoms with van der Waals surface area (Å²) in [5.74, 6) is -0.876. The minimum absolute atomic E-state index is 0.0382. The molecule has 1 rings (SSSR count). The predicted molar refractivity (Wildman–Crippen MR) is 75.7 cm³/mol. The van der Waals surface area contributed by atoms with Crippen molar-refractivity contribution in [3.63, 3.8) is 0 Å². The van der Waals surface area contributed by atoms with Crippen molar-refractivity contribution in [1.82, 2.24) is 5.32 Å². The van der Waals surface area contributed by atoms with E-state index in [1.54, 1.807) is 0 Å². The molecule has 0 aliphatic rings. The maximum absolute atomic E-state index is 12.1. The van der Waals surface area contributed by atoms with Gasteiger partial charge in [0.1, 0.15) is 0 Å². The first-order valence-electron chi connectivity index (χ1n) is 6.92. The third kappa shape index (κ3) is 7.14. The van der Waals surface area contributed by atoms with Crippen LogP contribution in [-0.4, -0.2) is 36.8 Å². The number of ether oxygens (including phenoxy) is 1. The molecule has 0 aliphatic carbocycles. The highest BCUT2D eigenvalue weighted by atomic mass is 19.4. The summed E-state index contributed by atoms with van der Waals surface area (Å²) in [6.07, 6.45) is -7.04. The number of aliphatic hydroxyl groups excluding tert-OH is 1. The van der Waals surface area contributed by atoms with Gasteiger partial charge in [-0.05, 0) is 24.1 Å². The standard InChI is InChI=1S/C15H18F3NO4/c1-23-13(21)7-9-19-14(22)11-4-2-10(3-5-11)12(20)6-8-15(16,17)18/h2-5,12,20H,6-9H2,1H3,(H,19,22). The molecule has 0 bridgehead atoms. The van der Waals surface area contributed by atoms with Gasteiger partial charge in [0, 0.05) is 18.5 Å². The minimum Gasteiger partial charge on any atom is -0.469 e. The number of carbonyl (C=O) groups is 2. The molecule has 1 unspecified atom stereocenters. The Labute approximate surface area is 131 Å². The van der Waals surface area contributed by atoms with Gasteiger partial charge in [0.25, 0.3) is 5.91 Å². The number of esters is 1. The average Bonchev–Trinajstić information content (AvgIpc) is 2.51. The quantitative estimate of drug-likeness (QED) is 0.751. The second-order valence-corrected chi connectivity index (χ2v) is 4.87. The molecule has 0 saturated carbocycles. The highest BCUT2D eigenvalue weighted by molar-refractivity contribution is 5.94. The zero-order chi connectivity index (χ0) is 17.5. The summed E-state index contributed by atoms with van der Waals surface area (Å²) in [5, 5.41) is 12.2. The number of benzene rings is 1. The molecule has 0 radical (unpaired) electrons. The average molecular weight is 333 g/mol. The molecule has 8 heteroatoms. The summed E-state index contributed by atoms with van der Waals surface area (Å²) in [7, 11) is 1.24. The lowest BCUT2D eigenvalue weighted by molar-refractivity contribution is -0.141. The summed E-state index contributed by atoms with van der Waals surface area (Å²) in [4.78, 5) is 22.7. The lowest BCUT2D eigenvalue weighted by Gasteiger charge is -2.13. The van der Waals surface area contributed by atoms with E-state index in [9.17, 15) is 27.9 Å². The van der Waals surface area contributed by atoms with Crippen LogP contribution in [0.1, 0.15) is 41.3 Å². The number of nitrogens with one attached hydrogen (secondary N) is 1. The lowest BCUT2D eigenvalue weighted by Crippen LogP contribution is -2.26. The Kier molecular flexibility index (Phi) is 7.02. The van der Waals surface area contributed by atoms with Crippen LogP contribution in [0.2, 0.25) is 0 Å². The second-order valence-electron chi connectivity index (χ2n) is 4.87. The Hall–Kier alpha value is -2.09. The second kappa shape index (κ2) is 8.52. The highest BCUT2D eigenvalue weighted by Gasteiger charge is 2.28. The topological polar surface area (TPSA) is 75.6 Å². The van der Waals surface area contributed by atoms with E-state index in [0.29, 0.717) is 5.56 Å². The van der Waals surface area contributed by atoms with Crippen molar-refractivity contribution < 1.29 is 32.6 Å². The molecule has 0 heterocycles. The van der Waals surface area contributed by atoms with E-state index in [-0.39, 0.29) is 18.5 Å². The zero-order valence-corrected chi connectivity index (χ0v) is 12.5. The lowest BCUT2D eigenvalue weighted by atomic mass is 10.0. The van der Waals surface area contributed by atoms with Crippen LogP contribution >= 0.6 is 0 Å². The molecule has 0 fully saturated rings. The Morgan fingerprint density at radius 1 is 1.26 bits per heavy atom. The minimum atomic E-state index is -4.32. The molecule has 0 spiro atoms. The summed E-state index contributed by atoms with van der Waals surface area (Å²) >= 11 is 0. The van der Waals surface area contributed by atoms with Gasteiger partial charge in [-0.2, -0.15) is 13.2 Å². The van der Waals surface area contributed by atoms with Gasteiger partial charge >= 0.3 is 12.1 Å². The zero-order valence-electron chi connectivity index (χ0n) is 12.5. The van der Waals surface area contributed by atoms with E-state index in [4.69, 9.17) is 0 Å². The van der Waals surface area contributed by atoms with Crippen molar-refractivity contribution in [2.24, 2.45) is 0 Å². The monoisotopic (exact) mass is 333 g/mol. The summed E-state index contributed by atoms with van der Waals surface area (Å²) in [5.41, 5.74) is 0.585. The number of carbonyl (C=O) groups excluding carboxylic acids is 2. The van der Waals surface area contributed by atoms with Crippen LogP contribution < -0.4 is 5.32 Å². The number of methoxy groups -OCH3 is 1. The van der Waals surface area contributed by atoms with Crippen LogP contribution in [0.15, 0.2) is 24.3 Å². The summed E-state index contributed by atoms with van der Waals surface area (Å²) in [6.45, 7) is 0.113. The van der Waals surface area contributed by atoms with Crippen molar-refractivity contribution in [2.75, 3.05) is 13.7 Å². The molecule has 1 amide bonds. The van der Waals surface area contributed by atoms with E-state index < -0.39 is 37.0 Å². The first kappa shape index (κ1) is 19.0. The van der Waals surface area contributed by atoms with Gasteiger partial charge in [0.15, 0.2) is 0 Å². The van der Waals surface area contributed by atoms with E-state index in [1.807, 2.05) is 0 Å². The Morgan fingerprint density at radius 3 is 2.39 bits per heavy atom. The fourth-order valence-corrected chi connectivity index (χ4v) is 1.81. The van der Waals surface area contributed by atoms with E-state index in [2.05, 4.69) is 10.1 Å². The molecule has 1 atom stereocenters. The Morgan fingerprint density at radius 2 is 1.87 bits per heavy atom. The van der Waals surface area contributed by atoms with Gasteiger partial charge in [-0.3, -0.25) is 9.59 Å². The van der Waals surface area contributed by atoms with Gasteiger partial charge in [-0.25, -0.2) is 0 Å². The van der Waals surface area contributed by atoms with Gasteiger partial charge < -0.3 is 15.2 Å². The first-order chi connectivity index (χ1) is 10.7. The number of hydrogen-bond donors (Lipinski definition) is 2. The van der Waals surface area contributed by atoms with Crippen LogP contribution in [0.25, 0.3) is 0 Å². The summed E-state index contributed by atoms with van der Waals surface area (Å²) in [6, 6.07) is 5.60. The molecule has 0 saturated heterocycles. The third-order valence-electron chi connectivity index (χ3n) is 3.10. The van der Waals surface area contributed by atoms with Gasteiger partial charge in [-0.15, -0.1) is 0 Å². The number of alkyl halides is 3. The Balaban J connectivity index is 2.52. The van der Waals surface area contributed by atoms with Gasteiger partial charge in [0.2, 0.25) is 0 Å². The molecule has 1 aromatic carbocycles. The SMILES string of the molecule is COC(=O)CCNC(=O)c1ccc(C(O)CCC(F)(F)F)cc1. The van der Waals surface area contributed by atoms with Crippen LogP contribution in [-0.2, 0) is 9.53 Å². The Bertz CT molecular complexity index is 529. The molecular weight excluding hydrogens is 315 g/mol. The third-order valence-corrected chi connectivity index (χ3v) is 3.10. The van der Waals surface area contributed by atoms with E-state index >= 15 is 0 Å². The molecule has 23 heavy (non-hydrogen) atoms.